The monoisotopic (exact) mass is 312 g/mol. The van der Waals surface area contributed by atoms with Crippen LogP contribution in [0.25, 0.3) is 0 Å². The molecule has 76 valence electrons. The van der Waals surface area contributed by atoms with Crippen LogP contribution in [0, 0.1) is 3.57 Å². The quantitative estimate of drug-likeness (QED) is 0.855. The third-order valence-electron chi connectivity index (χ3n) is 1.92. The highest BCUT2D eigenvalue weighted by molar-refractivity contribution is 14.1. The minimum absolute atomic E-state index is 0.150. The molecular weight excluding hydrogens is 303 g/mol. The van der Waals surface area contributed by atoms with Crippen molar-refractivity contribution in [2.75, 3.05) is 0 Å². The summed E-state index contributed by atoms with van der Waals surface area (Å²) in [5, 5.41) is 9.54. The van der Waals surface area contributed by atoms with E-state index < -0.39 is 0 Å². The molecule has 0 bridgehead atoms. The molecule has 0 aliphatic heterocycles. The summed E-state index contributed by atoms with van der Waals surface area (Å²) < 4.78 is 6.59. The number of ether oxygens (including phenoxy) is 1. The number of para-hydroxylation sites is 3. The standard InChI is InChI=1S/C12H9IO2/c13-9-5-1-3-7-11(9)15-12-8-4-2-6-10(12)14/h1-8,14H. The lowest BCUT2D eigenvalue weighted by Gasteiger charge is -2.08. The highest BCUT2D eigenvalue weighted by Crippen LogP contribution is 2.32. The van der Waals surface area contributed by atoms with Crippen LogP contribution in [0.4, 0.5) is 0 Å². The second-order valence-corrected chi connectivity index (χ2v) is 4.16. The van der Waals surface area contributed by atoms with Crippen LogP contribution in [0.2, 0.25) is 0 Å². The molecule has 2 aromatic rings. The Labute approximate surface area is 102 Å². The Balaban J connectivity index is 2.30. The van der Waals surface area contributed by atoms with E-state index >= 15 is 0 Å². The zero-order valence-electron chi connectivity index (χ0n) is 7.85. The third kappa shape index (κ3) is 2.41. The second kappa shape index (κ2) is 4.53. The fraction of sp³-hybridized carbons (Fsp3) is 0. The number of aromatic hydroxyl groups is 1. The maximum Gasteiger partial charge on any atom is 0.169 e. The van der Waals surface area contributed by atoms with Gasteiger partial charge in [-0.15, -0.1) is 0 Å². The van der Waals surface area contributed by atoms with Crippen molar-refractivity contribution in [2.24, 2.45) is 0 Å². The van der Waals surface area contributed by atoms with Crippen LogP contribution in [0.3, 0.4) is 0 Å². The first-order valence-electron chi connectivity index (χ1n) is 4.48. The van der Waals surface area contributed by atoms with Gasteiger partial charge in [0.1, 0.15) is 5.75 Å². The maximum absolute atomic E-state index is 9.54. The van der Waals surface area contributed by atoms with Crippen LogP contribution in [0.15, 0.2) is 48.5 Å². The van der Waals surface area contributed by atoms with Gasteiger partial charge in [-0.3, -0.25) is 0 Å². The molecule has 0 aromatic heterocycles. The predicted molar refractivity (Wildman–Crippen MR) is 67.3 cm³/mol. The molecule has 0 spiro atoms. The van der Waals surface area contributed by atoms with Gasteiger partial charge >= 0.3 is 0 Å². The van der Waals surface area contributed by atoms with Crippen molar-refractivity contribution in [2.45, 2.75) is 0 Å². The number of halogens is 1. The summed E-state index contributed by atoms with van der Waals surface area (Å²) in [7, 11) is 0. The lowest BCUT2D eigenvalue weighted by atomic mass is 10.3. The van der Waals surface area contributed by atoms with Crippen LogP contribution in [0.1, 0.15) is 0 Å². The van der Waals surface area contributed by atoms with Gasteiger partial charge in [0.05, 0.1) is 3.57 Å². The van der Waals surface area contributed by atoms with Crippen LogP contribution in [-0.2, 0) is 0 Å². The van der Waals surface area contributed by atoms with Crippen LogP contribution >= 0.6 is 22.6 Å². The Morgan fingerprint density at radius 3 is 2.13 bits per heavy atom. The van der Waals surface area contributed by atoms with Crippen LogP contribution in [-0.4, -0.2) is 5.11 Å². The summed E-state index contributed by atoms with van der Waals surface area (Å²) in [6.45, 7) is 0. The molecule has 0 fully saturated rings. The molecule has 0 atom stereocenters. The van der Waals surface area contributed by atoms with Gasteiger partial charge in [0, 0.05) is 0 Å². The van der Waals surface area contributed by atoms with E-state index in [1.54, 1.807) is 18.2 Å². The average molecular weight is 312 g/mol. The number of hydrogen-bond donors (Lipinski definition) is 1. The van der Waals surface area contributed by atoms with E-state index in [-0.39, 0.29) is 5.75 Å². The Hall–Kier alpha value is -1.23. The van der Waals surface area contributed by atoms with Crippen molar-refractivity contribution < 1.29 is 9.84 Å². The summed E-state index contributed by atoms with van der Waals surface area (Å²) in [5.74, 6) is 1.37. The summed E-state index contributed by atoms with van der Waals surface area (Å²) in [6.07, 6.45) is 0. The second-order valence-electron chi connectivity index (χ2n) is 3.00. The van der Waals surface area contributed by atoms with Gasteiger partial charge in [-0.25, -0.2) is 0 Å². The largest absolute Gasteiger partial charge is 0.504 e. The first kappa shape index (κ1) is 10.3. The molecule has 0 saturated heterocycles. The molecule has 0 radical (unpaired) electrons. The Morgan fingerprint density at radius 2 is 1.47 bits per heavy atom. The zero-order valence-corrected chi connectivity index (χ0v) is 10.0. The summed E-state index contributed by atoms with van der Waals surface area (Å²) in [6, 6.07) is 14.6. The van der Waals surface area contributed by atoms with Crippen molar-refractivity contribution in [3.05, 3.63) is 52.1 Å². The van der Waals surface area contributed by atoms with Crippen molar-refractivity contribution >= 4 is 22.6 Å². The Kier molecular flexibility index (Phi) is 3.11. The summed E-state index contributed by atoms with van der Waals surface area (Å²) in [4.78, 5) is 0. The number of phenols is 1. The highest BCUT2D eigenvalue weighted by Gasteiger charge is 2.04. The fourth-order valence-corrected chi connectivity index (χ4v) is 1.69. The Bertz CT molecular complexity index is 425. The van der Waals surface area contributed by atoms with E-state index in [0.717, 1.165) is 9.32 Å². The SMILES string of the molecule is Oc1ccccc1Oc1ccccc1I. The molecular formula is C12H9IO2. The van der Waals surface area contributed by atoms with Gasteiger partial charge in [-0.2, -0.15) is 0 Å². The number of hydrogen-bond acceptors (Lipinski definition) is 2. The van der Waals surface area contributed by atoms with Gasteiger partial charge in [0.2, 0.25) is 0 Å². The van der Waals surface area contributed by atoms with E-state index in [4.69, 9.17) is 4.74 Å². The van der Waals surface area contributed by atoms with E-state index in [1.165, 1.54) is 0 Å². The van der Waals surface area contributed by atoms with E-state index in [1.807, 2.05) is 30.3 Å². The molecule has 0 aliphatic carbocycles. The molecule has 0 saturated carbocycles. The number of benzene rings is 2. The maximum atomic E-state index is 9.54. The fourth-order valence-electron chi connectivity index (χ4n) is 1.19. The molecule has 0 aliphatic rings. The van der Waals surface area contributed by atoms with Gasteiger partial charge in [-0.1, -0.05) is 24.3 Å². The van der Waals surface area contributed by atoms with Gasteiger partial charge in [-0.05, 0) is 46.9 Å². The first-order chi connectivity index (χ1) is 7.27. The molecule has 1 N–H and O–H groups in total. The molecule has 15 heavy (non-hydrogen) atoms. The molecule has 0 heterocycles. The van der Waals surface area contributed by atoms with Crippen LogP contribution in [0.5, 0.6) is 17.2 Å². The molecule has 2 aromatic carbocycles. The molecule has 0 amide bonds. The van der Waals surface area contributed by atoms with Crippen molar-refractivity contribution in [3.63, 3.8) is 0 Å². The topological polar surface area (TPSA) is 29.5 Å². The van der Waals surface area contributed by atoms with E-state index in [0.29, 0.717) is 5.75 Å². The normalized spacial score (nSPS) is 9.93. The smallest absolute Gasteiger partial charge is 0.169 e. The molecule has 0 unspecified atom stereocenters. The van der Waals surface area contributed by atoms with E-state index in [9.17, 15) is 5.11 Å². The molecule has 2 rings (SSSR count). The zero-order chi connectivity index (χ0) is 10.7. The third-order valence-corrected chi connectivity index (χ3v) is 2.81. The lowest BCUT2D eigenvalue weighted by Crippen LogP contribution is -1.86. The van der Waals surface area contributed by atoms with Crippen molar-refractivity contribution in [3.8, 4) is 17.2 Å². The van der Waals surface area contributed by atoms with Gasteiger partial charge in [0.25, 0.3) is 0 Å². The Morgan fingerprint density at radius 1 is 0.867 bits per heavy atom. The first-order valence-corrected chi connectivity index (χ1v) is 5.55. The average Bonchev–Trinajstić information content (AvgIpc) is 2.24. The van der Waals surface area contributed by atoms with E-state index in [2.05, 4.69) is 22.6 Å². The van der Waals surface area contributed by atoms with Crippen molar-refractivity contribution in [1.29, 1.82) is 0 Å². The predicted octanol–water partition coefficient (Wildman–Crippen LogP) is 3.79. The molecule has 3 heteroatoms. The molecule has 2 nitrogen and oxygen atoms in total. The number of phenolic OH excluding ortho intramolecular Hbond substituents is 1. The van der Waals surface area contributed by atoms with Gasteiger partial charge in [0.15, 0.2) is 11.5 Å². The van der Waals surface area contributed by atoms with Crippen molar-refractivity contribution in [1.82, 2.24) is 0 Å². The van der Waals surface area contributed by atoms with Crippen LogP contribution < -0.4 is 4.74 Å². The lowest BCUT2D eigenvalue weighted by molar-refractivity contribution is 0.410. The summed E-state index contributed by atoms with van der Waals surface area (Å²) >= 11 is 2.19. The number of rotatable bonds is 2. The van der Waals surface area contributed by atoms with Gasteiger partial charge < -0.3 is 9.84 Å². The summed E-state index contributed by atoms with van der Waals surface area (Å²) in [5.41, 5.74) is 0. The minimum Gasteiger partial charge on any atom is -0.504 e. The minimum atomic E-state index is 0.150. The highest BCUT2D eigenvalue weighted by atomic mass is 127.